The number of benzene rings is 1. The first-order valence-electron chi connectivity index (χ1n) is 5.45. The molecule has 0 aliphatic rings. The first-order chi connectivity index (χ1) is 9.40. The summed E-state index contributed by atoms with van der Waals surface area (Å²) in [5.41, 5.74) is 0.395. The van der Waals surface area contributed by atoms with Gasteiger partial charge in [-0.15, -0.1) is 0 Å². The van der Waals surface area contributed by atoms with Crippen molar-refractivity contribution in [1.29, 1.82) is 0 Å². The molecule has 1 aromatic heterocycles. The highest BCUT2D eigenvalue weighted by Gasteiger charge is 2.21. The molecule has 0 saturated heterocycles. The van der Waals surface area contributed by atoms with E-state index in [1.807, 2.05) is 0 Å². The minimum atomic E-state index is -3.92. The molecular weight excluding hydrogens is 306 g/mol. The summed E-state index contributed by atoms with van der Waals surface area (Å²) >= 11 is 5.80. The summed E-state index contributed by atoms with van der Waals surface area (Å²) in [5, 5.41) is 10.6. The summed E-state index contributed by atoms with van der Waals surface area (Å²) in [6.07, 6.45) is 3.29. The van der Waals surface area contributed by atoms with Crippen molar-refractivity contribution in [2.24, 2.45) is 0 Å². The zero-order chi connectivity index (χ0) is 14.8. The predicted octanol–water partition coefficient (Wildman–Crippen LogP) is 2.05. The standard InChI is InChI=1S/C11H10ClN3O4S/c12-10-2-1-9(15(16)17)5-11(10)20(18,19)14-7-8-3-4-13-6-8/h1-6,13-14H,7H2. The number of aromatic amines is 1. The lowest BCUT2D eigenvalue weighted by molar-refractivity contribution is -0.385. The average Bonchev–Trinajstić information content (AvgIpc) is 2.89. The molecule has 0 atom stereocenters. The number of hydrogen-bond donors (Lipinski definition) is 2. The SMILES string of the molecule is O=[N+]([O-])c1ccc(Cl)c(S(=O)(=O)NCc2cc[nH]c2)c1. The number of nitro benzene ring substituents is 1. The van der Waals surface area contributed by atoms with Crippen molar-refractivity contribution < 1.29 is 13.3 Å². The number of halogens is 1. The highest BCUT2D eigenvalue weighted by molar-refractivity contribution is 7.89. The summed E-state index contributed by atoms with van der Waals surface area (Å²) in [6.45, 7) is 0.0604. The zero-order valence-electron chi connectivity index (χ0n) is 10.0. The maximum atomic E-state index is 12.1. The third-order valence-electron chi connectivity index (χ3n) is 2.54. The van der Waals surface area contributed by atoms with Crippen molar-refractivity contribution in [3.63, 3.8) is 0 Å². The lowest BCUT2D eigenvalue weighted by Gasteiger charge is -2.07. The molecule has 1 aromatic carbocycles. The van der Waals surface area contributed by atoms with Crippen LogP contribution in [-0.4, -0.2) is 18.3 Å². The largest absolute Gasteiger partial charge is 0.367 e. The molecule has 0 aliphatic heterocycles. The number of hydrogen-bond acceptors (Lipinski definition) is 4. The predicted molar refractivity (Wildman–Crippen MR) is 72.9 cm³/mol. The van der Waals surface area contributed by atoms with Gasteiger partial charge in [0.2, 0.25) is 10.0 Å². The molecule has 1 heterocycles. The van der Waals surface area contributed by atoms with E-state index in [9.17, 15) is 18.5 Å². The molecule has 0 amide bonds. The Bertz CT molecular complexity index is 728. The van der Waals surface area contributed by atoms with Crippen molar-refractivity contribution >= 4 is 27.3 Å². The van der Waals surface area contributed by atoms with Crippen molar-refractivity contribution in [2.45, 2.75) is 11.4 Å². The van der Waals surface area contributed by atoms with Gasteiger partial charge in [0.25, 0.3) is 5.69 Å². The van der Waals surface area contributed by atoms with Crippen molar-refractivity contribution in [1.82, 2.24) is 9.71 Å². The van der Waals surface area contributed by atoms with Crippen LogP contribution in [0.5, 0.6) is 0 Å². The number of nitrogens with zero attached hydrogens (tertiary/aromatic N) is 1. The van der Waals surface area contributed by atoms with Crippen LogP contribution in [0.15, 0.2) is 41.6 Å². The van der Waals surface area contributed by atoms with Gasteiger partial charge in [-0.1, -0.05) is 11.6 Å². The monoisotopic (exact) mass is 315 g/mol. The molecule has 2 N–H and O–H groups in total. The van der Waals surface area contributed by atoms with E-state index in [0.29, 0.717) is 0 Å². The molecule has 0 aliphatic carbocycles. The third-order valence-corrected chi connectivity index (χ3v) is 4.43. The maximum absolute atomic E-state index is 12.1. The van der Waals surface area contributed by atoms with Gasteiger partial charge in [0.15, 0.2) is 0 Å². The van der Waals surface area contributed by atoms with E-state index in [2.05, 4.69) is 9.71 Å². The smallest absolute Gasteiger partial charge is 0.270 e. The van der Waals surface area contributed by atoms with E-state index >= 15 is 0 Å². The van der Waals surface area contributed by atoms with Gasteiger partial charge in [0.05, 0.1) is 9.95 Å². The van der Waals surface area contributed by atoms with Gasteiger partial charge in [0, 0.05) is 31.1 Å². The minimum Gasteiger partial charge on any atom is -0.367 e. The van der Waals surface area contributed by atoms with Crippen molar-refractivity contribution in [3.8, 4) is 0 Å². The fourth-order valence-corrected chi connectivity index (χ4v) is 3.07. The molecule has 9 heteroatoms. The van der Waals surface area contributed by atoms with Gasteiger partial charge < -0.3 is 4.98 Å². The first-order valence-corrected chi connectivity index (χ1v) is 7.31. The lowest BCUT2D eigenvalue weighted by atomic mass is 10.3. The van der Waals surface area contributed by atoms with E-state index in [0.717, 1.165) is 17.7 Å². The van der Waals surface area contributed by atoms with Gasteiger partial charge in [0.1, 0.15) is 4.90 Å². The van der Waals surface area contributed by atoms with E-state index in [-0.39, 0.29) is 22.2 Å². The molecule has 7 nitrogen and oxygen atoms in total. The molecule has 0 radical (unpaired) electrons. The molecule has 0 spiro atoms. The molecular formula is C11H10ClN3O4S. The summed E-state index contributed by atoms with van der Waals surface area (Å²) in [7, 11) is -3.92. The van der Waals surface area contributed by atoms with E-state index in [1.165, 1.54) is 6.07 Å². The Balaban J connectivity index is 2.28. The van der Waals surface area contributed by atoms with Gasteiger partial charge in [-0.25, -0.2) is 13.1 Å². The normalized spacial score (nSPS) is 11.4. The molecule has 20 heavy (non-hydrogen) atoms. The molecule has 106 valence electrons. The fraction of sp³-hybridized carbons (Fsp3) is 0.0909. The van der Waals surface area contributed by atoms with Crippen molar-refractivity contribution in [2.75, 3.05) is 0 Å². The van der Waals surface area contributed by atoms with Crippen LogP contribution in [0, 0.1) is 10.1 Å². The maximum Gasteiger partial charge on any atom is 0.270 e. The summed E-state index contributed by atoms with van der Waals surface area (Å²) in [5.74, 6) is 0. The van der Waals surface area contributed by atoms with Gasteiger partial charge in [-0.2, -0.15) is 0 Å². The van der Waals surface area contributed by atoms with Crippen LogP contribution < -0.4 is 4.72 Å². The quantitative estimate of drug-likeness (QED) is 0.650. The second-order valence-electron chi connectivity index (χ2n) is 3.92. The average molecular weight is 316 g/mol. The Morgan fingerprint density at radius 3 is 2.70 bits per heavy atom. The van der Waals surface area contributed by atoms with Crippen LogP contribution in [0.2, 0.25) is 5.02 Å². The lowest BCUT2D eigenvalue weighted by Crippen LogP contribution is -2.23. The van der Waals surface area contributed by atoms with Crippen LogP contribution in [0.3, 0.4) is 0 Å². The molecule has 0 saturated carbocycles. The van der Waals surface area contributed by atoms with Crippen LogP contribution in [0.4, 0.5) is 5.69 Å². The van der Waals surface area contributed by atoms with Crippen LogP contribution in [-0.2, 0) is 16.6 Å². The van der Waals surface area contributed by atoms with Crippen LogP contribution in [0.1, 0.15) is 5.56 Å². The second kappa shape index (κ2) is 5.61. The fourth-order valence-electron chi connectivity index (χ4n) is 1.54. The summed E-state index contributed by atoms with van der Waals surface area (Å²) < 4.78 is 26.5. The van der Waals surface area contributed by atoms with E-state index < -0.39 is 14.9 Å². The topological polar surface area (TPSA) is 105 Å². The van der Waals surface area contributed by atoms with Crippen LogP contribution >= 0.6 is 11.6 Å². The number of aromatic nitrogens is 1. The number of nitro groups is 1. The Labute approximate surface area is 119 Å². The molecule has 0 bridgehead atoms. The van der Waals surface area contributed by atoms with Gasteiger partial charge in [-0.05, 0) is 17.7 Å². The number of nitrogens with one attached hydrogen (secondary N) is 2. The third kappa shape index (κ3) is 3.16. The zero-order valence-corrected chi connectivity index (χ0v) is 11.6. The molecule has 0 fully saturated rings. The molecule has 0 unspecified atom stereocenters. The van der Waals surface area contributed by atoms with Gasteiger partial charge >= 0.3 is 0 Å². The highest BCUT2D eigenvalue weighted by Crippen LogP contribution is 2.26. The second-order valence-corrected chi connectivity index (χ2v) is 6.06. The molecule has 2 aromatic rings. The van der Waals surface area contributed by atoms with Gasteiger partial charge in [-0.3, -0.25) is 10.1 Å². The Kier molecular flexibility index (Phi) is 4.07. The summed E-state index contributed by atoms with van der Waals surface area (Å²) in [4.78, 5) is 12.5. The Hall–Kier alpha value is -1.90. The summed E-state index contributed by atoms with van der Waals surface area (Å²) in [6, 6.07) is 4.97. The van der Waals surface area contributed by atoms with Crippen molar-refractivity contribution in [3.05, 3.63) is 57.4 Å². The number of sulfonamides is 1. The van der Waals surface area contributed by atoms with Crippen LogP contribution in [0.25, 0.3) is 0 Å². The number of H-pyrrole nitrogens is 1. The minimum absolute atomic E-state index is 0.0604. The Morgan fingerprint density at radius 2 is 2.10 bits per heavy atom. The highest BCUT2D eigenvalue weighted by atomic mass is 35.5. The Morgan fingerprint density at radius 1 is 1.35 bits per heavy atom. The first kappa shape index (κ1) is 14.5. The molecule has 2 rings (SSSR count). The number of non-ortho nitro benzene ring substituents is 1. The van der Waals surface area contributed by atoms with E-state index in [1.54, 1.807) is 18.5 Å². The van der Waals surface area contributed by atoms with E-state index in [4.69, 9.17) is 11.6 Å². The number of rotatable bonds is 5.